The first kappa shape index (κ1) is 24.4. The Morgan fingerprint density at radius 2 is 1.58 bits per heavy atom. The third-order valence-electron chi connectivity index (χ3n) is 5.04. The molecule has 0 N–H and O–H groups in total. The summed E-state index contributed by atoms with van der Waals surface area (Å²) >= 11 is 0. The minimum Gasteiger partial charge on any atom is -0.456 e. The lowest BCUT2D eigenvalue weighted by atomic mass is 10.1. The average molecular weight is 474 g/mol. The van der Waals surface area contributed by atoms with E-state index in [1.807, 2.05) is 0 Å². The zero-order chi connectivity index (χ0) is 24.2. The molecule has 3 rings (SSSR count). The van der Waals surface area contributed by atoms with Crippen LogP contribution in [0.25, 0.3) is 0 Å². The molecule has 176 valence electrons. The molecule has 0 aliphatic carbocycles. The summed E-state index contributed by atoms with van der Waals surface area (Å²) in [4.78, 5) is 38.8. The Labute approximate surface area is 193 Å². The van der Waals surface area contributed by atoms with E-state index in [9.17, 15) is 22.8 Å². The summed E-state index contributed by atoms with van der Waals surface area (Å²) in [6.45, 7) is 5.08. The van der Waals surface area contributed by atoms with E-state index in [2.05, 4.69) is 0 Å². The van der Waals surface area contributed by atoms with Crippen LogP contribution in [0.5, 0.6) is 0 Å². The van der Waals surface area contributed by atoms with Crippen LogP contribution in [-0.4, -0.2) is 56.0 Å². The van der Waals surface area contributed by atoms with E-state index in [1.165, 1.54) is 41.3 Å². The summed E-state index contributed by atoms with van der Waals surface area (Å²) in [5.74, 6) is -1.15. The molecular formula is C24H27NO7S. The summed E-state index contributed by atoms with van der Waals surface area (Å²) in [5.41, 5.74) is -0.477. The number of likely N-dealkylation sites (tertiary alicyclic amines) is 1. The Morgan fingerprint density at radius 1 is 0.970 bits per heavy atom. The minimum absolute atomic E-state index is 0.0567. The molecule has 1 atom stereocenters. The van der Waals surface area contributed by atoms with Gasteiger partial charge < -0.3 is 9.47 Å². The van der Waals surface area contributed by atoms with Crippen molar-refractivity contribution in [2.75, 3.05) is 13.2 Å². The Kier molecular flexibility index (Phi) is 7.22. The fourth-order valence-electron chi connectivity index (χ4n) is 3.42. The molecule has 0 unspecified atom stereocenters. The molecule has 1 amide bonds. The van der Waals surface area contributed by atoms with Crippen LogP contribution in [0.3, 0.4) is 0 Å². The van der Waals surface area contributed by atoms with Gasteiger partial charge in [-0.25, -0.2) is 18.0 Å². The fourth-order valence-corrected chi connectivity index (χ4v) is 4.70. The van der Waals surface area contributed by atoms with Gasteiger partial charge in [0.2, 0.25) is 9.84 Å². The lowest BCUT2D eigenvalue weighted by molar-refractivity contribution is -0.147. The molecule has 2 aromatic carbocycles. The Morgan fingerprint density at radius 3 is 2.18 bits per heavy atom. The van der Waals surface area contributed by atoms with Crippen molar-refractivity contribution in [3.8, 4) is 0 Å². The number of sulfone groups is 1. The molecule has 1 aliphatic rings. The molecule has 0 saturated carbocycles. The van der Waals surface area contributed by atoms with E-state index in [1.54, 1.807) is 39.0 Å². The highest BCUT2D eigenvalue weighted by Gasteiger charge is 2.37. The van der Waals surface area contributed by atoms with Gasteiger partial charge in [0.15, 0.2) is 12.4 Å². The maximum absolute atomic E-state index is 12.7. The van der Waals surface area contributed by atoms with Crippen molar-refractivity contribution in [2.45, 2.75) is 55.0 Å². The zero-order valence-corrected chi connectivity index (χ0v) is 19.6. The standard InChI is InChI=1S/C24H27NO7S/c1-24(2,3)32-23(28)25-15-7-10-20(25)22(27)31-16-21(26)17-11-13-19(14-12-17)33(29,30)18-8-5-4-6-9-18/h4-6,8-9,11-14,20H,7,10,15-16H2,1-3H3/t20-/m0/s1. The first-order valence-electron chi connectivity index (χ1n) is 10.6. The van der Waals surface area contributed by atoms with Crippen molar-refractivity contribution in [1.82, 2.24) is 4.90 Å². The van der Waals surface area contributed by atoms with Crippen molar-refractivity contribution < 1.29 is 32.3 Å². The monoisotopic (exact) mass is 473 g/mol. The number of benzene rings is 2. The van der Waals surface area contributed by atoms with Crippen molar-refractivity contribution >= 4 is 27.7 Å². The van der Waals surface area contributed by atoms with Gasteiger partial charge in [-0.15, -0.1) is 0 Å². The third-order valence-corrected chi connectivity index (χ3v) is 6.82. The molecule has 0 spiro atoms. The molecule has 1 saturated heterocycles. The lowest BCUT2D eigenvalue weighted by Gasteiger charge is -2.27. The molecule has 0 radical (unpaired) electrons. The number of ketones is 1. The SMILES string of the molecule is CC(C)(C)OC(=O)N1CCC[C@H]1C(=O)OCC(=O)c1ccc(S(=O)(=O)c2ccccc2)cc1. The van der Waals surface area contributed by atoms with Gasteiger partial charge in [0.05, 0.1) is 9.79 Å². The number of rotatable bonds is 6. The highest BCUT2D eigenvalue weighted by molar-refractivity contribution is 7.91. The van der Waals surface area contributed by atoms with Crippen LogP contribution in [-0.2, 0) is 24.1 Å². The first-order valence-corrected chi connectivity index (χ1v) is 12.1. The molecule has 1 fully saturated rings. The van der Waals surface area contributed by atoms with Gasteiger partial charge in [-0.1, -0.05) is 18.2 Å². The summed E-state index contributed by atoms with van der Waals surface area (Å²) < 4.78 is 35.8. The number of hydrogen-bond donors (Lipinski definition) is 0. The maximum atomic E-state index is 12.7. The second-order valence-electron chi connectivity index (χ2n) is 8.70. The van der Waals surface area contributed by atoms with Gasteiger partial charge >= 0.3 is 12.1 Å². The molecule has 0 bridgehead atoms. The average Bonchev–Trinajstić information content (AvgIpc) is 3.27. The van der Waals surface area contributed by atoms with Gasteiger partial charge in [0, 0.05) is 12.1 Å². The van der Waals surface area contributed by atoms with Gasteiger partial charge in [0.1, 0.15) is 11.6 Å². The molecule has 33 heavy (non-hydrogen) atoms. The summed E-state index contributed by atoms with van der Waals surface area (Å²) in [7, 11) is -3.69. The molecular weight excluding hydrogens is 446 g/mol. The number of carbonyl (C=O) groups is 3. The van der Waals surface area contributed by atoms with Crippen LogP contribution in [0.4, 0.5) is 4.79 Å². The molecule has 9 heteroatoms. The first-order chi connectivity index (χ1) is 15.5. The topological polar surface area (TPSA) is 107 Å². The Balaban J connectivity index is 1.60. The quantitative estimate of drug-likeness (QED) is 0.466. The number of nitrogens with zero attached hydrogens (tertiary/aromatic N) is 1. The van der Waals surface area contributed by atoms with Crippen molar-refractivity contribution in [2.24, 2.45) is 0 Å². The zero-order valence-electron chi connectivity index (χ0n) is 18.8. The van der Waals surface area contributed by atoms with Crippen LogP contribution in [0.2, 0.25) is 0 Å². The van der Waals surface area contributed by atoms with Gasteiger partial charge in [-0.3, -0.25) is 9.69 Å². The van der Waals surface area contributed by atoms with Crippen molar-refractivity contribution in [3.05, 3.63) is 60.2 Å². The summed E-state index contributed by atoms with van der Waals surface area (Å²) in [6, 6.07) is 12.6. The predicted octanol–water partition coefficient (Wildman–Crippen LogP) is 3.64. The number of ether oxygens (including phenoxy) is 2. The minimum atomic E-state index is -3.69. The van der Waals surface area contributed by atoms with Crippen LogP contribution in [0, 0.1) is 0 Å². The molecule has 1 heterocycles. The lowest BCUT2D eigenvalue weighted by Crippen LogP contribution is -2.44. The second-order valence-corrected chi connectivity index (χ2v) is 10.7. The smallest absolute Gasteiger partial charge is 0.411 e. The van der Waals surface area contributed by atoms with Crippen LogP contribution < -0.4 is 0 Å². The van der Waals surface area contributed by atoms with Crippen molar-refractivity contribution in [1.29, 1.82) is 0 Å². The molecule has 2 aromatic rings. The highest BCUT2D eigenvalue weighted by atomic mass is 32.2. The van der Waals surface area contributed by atoms with Gasteiger partial charge in [0.25, 0.3) is 0 Å². The number of hydrogen-bond acceptors (Lipinski definition) is 7. The van der Waals surface area contributed by atoms with Gasteiger partial charge in [-0.2, -0.15) is 0 Å². The van der Waals surface area contributed by atoms with E-state index in [-0.39, 0.29) is 15.4 Å². The van der Waals surface area contributed by atoms with E-state index in [4.69, 9.17) is 9.47 Å². The van der Waals surface area contributed by atoms with Gasteiger partial charge in [-0.05, 0) is 70.0 Å². The third kappa shape index (κ3) is 5.98. The van der Waals surface area contributed by atoms with E-state index in [0.717, 1.165) is 0 Å². The largest absolute Gasteiger partial charge is 0.456 e. The summed E-state index contributed by atoms with van der Waals surface area (Å²) in [6.07, 6.45) is 0.464. The molecule has 1 aliphatic heterocycles. The normalized spacial score (nSPS) is 16.3. The van der Waals surface area contributed by atoms with E-state index >= 15 is 0 Å². The fraction of sp³-hybridized carbons (Fsp3) is 0.375. The van der Waals surface area contributed by atoms with Crippen LogP contribution in [0.1, 0.15) is 44.0 Å². The molecule has 0 aromatic heterocycles. The Bertz CT molecular complexity index is 1120. The second kappa shape index (κ2) is 9.74. The van der Waals surface area contributed by atoms with Crippen molar-refractivity contribution in [3.63, 3.8) is 0 Å². The number of esters is 1. The number of amides is 1. The predicted molar refractivity (Wildman–Crippen MR) is 120 cm³/mol. The maximum Gasteiger partial charge on any atom is 0.411 e. The van der Waals surface area contributed by atoms with Crippen LogP contribution >= 0.6 is 0 Å². The van der Waals surface area contributed by atoms with E-state index < -0.39 is 45.9 Å². The molecule has 8 nitrogen and oxygen atoms in total. The Hall–Kier alpha value is -3.20. The summed E-state index contributed by atoms with van der Waals surface area (Å²) in [5, 5.41) is 0. The number of Topliss-reactive ketones (excluding diaryl/α,β-unsaturated/α-hetero) is 1. The van der Waals surface area contributed by atoms with E-state index in [0.29, 0.717) is 19.4 Å². The highest BCUT2D eigenvalue weighted by Crippen LogP contribution is 2.23. The number of carbonyl (C=O) groups excluding carboxylic acids is 3. The van der Waals surface area contributed by atoms with Crippen LogP contribution in [0.15, 0.2) is 64.4 Å².